The van der Waals surface area contributed by atoms with Gasteiger partial charge in [-0.1, -0.05) is 346 Å². The number of allylic oxidation sites excluding steroid dienone is 4. The Bertz CT molecular complexity index is 1200. The predicted molar refractivity (Wildman–Crippen MR) is 338 cm³/mol. The van der Waals surface area contributed by atoms with Crippen LogP contribution in [0.15, 0.2) is 24.3 Å². The number of aliphatic hydroxyl groups excluding tert-OH is 2. The summed E-state index contributed by atoms with van der Waals surface area (Å²) >= 11 is 0. The fraction of sp³-hybridized carbons (Fsp3) is 0.915. The Labute approximate surface area is 481 Å². The number of unbranched alkanes of at least 4 members (excludes halogenated alkanes) is 51. The molecule has 0 aromatic carbocycles. The molecule has 0 fully saturated rings. The van der Waals surface area contributed by atoms with Crippen molar-refractivity contribution in [3.8, 4) is 0 Å². The zero-order valence-corrected chi connectivity index (χ0v) is 52.2. The molecule has 6 nitrogen and oxygen atoms in total. The number of esters is 1. The lowest BCUT2D eigenvalue weighted by Crippen LogP contribution is -2.45. The van der Waals surface area contributed by atoms with Gasteiger partial charge in [0.2, 0.25) is 5.91 Å². The van der Waals surface area contributed by atoms with Crippen LogP contribution in [0.4, 0.5) is 0 Å². The van der Waals surface area contributed by atoms with E-state index in [0.717, 1.165) is 51.4 Å². The van der Waals surface area contributed by atoms with E-state index in [0.29, 0.717) is 25.9 Å². The summed E-state index contributed by atoms with van der Waals surface area (Å²) in [4.78, 5) is 24.7. The van der Waals surface area contributed by atoms with Crippen molar-refractivity contribution in [3.05, 3.63) is 24.3 Å². The molecule has 0 radical (unpaired) electrons. The first-order valence-corrected chi connectivity index (χ1v) is 35.1. The van der Waals surface area contributed by atoms with E-state index < -0.39 is 12.1 Å². The Balaban J connectivity index is 3.37. The first-order valence-electron chi connectivity index (χ1n) is 35.1. The van der Waals surface area contributed by atoms with Gasteiger partial charge in [0.25, 0.3) is 0 Å². The number of carbonyl (C=O) groups excluding carboxylic acids is 2. The van der Waals surface area contributed by atoms with E-state index in [2.05, 4.69) is 43.5 Å². The quantitative estimate of drug-likeness (QED) is 0.0320. The molecule has 0 rings (SSSR count). The van der Waals surface area contributed by atoms with Crippen LogP contribution in [0.3, 0.4) is 0 Å². The highest BCUT2D eigenvalue weighted by Gasteiger charge is 2.20. The summed E-state index contributed by atoms with van der Waals surface area (Å²) in [5.74, 6) is -0.0225. The molecular weight excluding hydrogens is 947 g/mol. The molecule has 0 aromatic heterocycles. The number of carbonyl (C=O) groups is 2. The molecule has 456 valence electrons. The second-order valence-electron chi connectivity index (χ2n) is 24.2. The Morgan fingerprint density at radius 3 is 1.01 bits per heavy atom. The zero-order valence-electron chi connectivity index (χ0n) is 52.2. The normalized spacial score (nSPS) is 12.6. The van der Waals surface area contributed by atoms with Gasteiger partial charge < -0.3 is 20.3 Å². The topological polar surface area (TPSA) is 95.9 Å². The third-order valence-corrected chi connectivity index (χ3v) is 16.5. The van der Waals surface area contributed by atoms with Crippen molar-refractivity contribution in [2.75, 3.05) is 13.2 Å². The summed E-state index contributed by atoms with van der Waals surface area (Å²) < 4.78 is 5.51. The Morgan fingerprint density at radius 2 is 0.649 bits per heavy atom. The first-order chi connectivity index (χ1) is 38.0. The van der Waals surface area contributed by atoms with Crippen LogP contribution in [0.25, 0.3) is 0 Å². The molecule has 3 N–H and O–H groups in total. The van der Waals surface area contributed by atoms with E-state index in [1.54, 1.807) is 0 Å². The largest absolute Gasteiger partial charge is 0.466 e. The molecule has 6 heteroatoms. The van der Waals surface area contributed by atoms with Crippen LogP contribution < -0.4 is 5.32 Å². The van der Waals surface area contributed by atoms with Crippen molar-refractivity contribution in [2.45, 2.75) is 405 Å². The molecular formula is C71H137NO5. The van der Waals surface area contributed by atoms with E-state index in [-0.39, 0.29) is 18.5 Å². The van der Waals surface area contributed by atoms with Gasteiger partial charge in [0.15, 0.2) is 0 Å². The molecule has 2 unspecified atom stereocenters. The summed E-state index contributed by atoms with van der Waals surface area (Å²) in [5.41, 5.74) is 0. The van der Waals surface area contributed by atoms with Gasteiger partial charge >= 0.3 is 5.97 Å². The maximum atomic E-state index is 12.5. The number of amides is 1. The second-order valence-corrected chi connectivity index (χ2v) is 24.2. The standard InChI is InChI=1S/C71H137NO5/c1-3-5-7-9-11-13-15-17-19-21-23-28-31-35-39-43-47-51-55-59-63-69(74)68(67-73)72-70(75)64-60-56-52-48-44-40-36-32-29-25-24-26-30-34-38-42-46-50-54-58-62-66-77-71(76)65-61-57-53-49-45-41-37-33-27-22-20-18-16-14-12-10-8-6-4-2/h12,14,18,20,68-69,73-74H,3-11,13,15-17,19,21-67H2,1-2H3,(H,72,75)/b14-12-,20-18-. The molecule has 77 heavy (non-hydrogen) atoms. The summed E-state index contributed by atoms with van der Waals surface area (Å²) in [7, 11) is 0. The van der Waals surface area contributed by atoms with Crippen LogP contribution >= 0.6 is 0 Å². The third-order valence-electron chi connectivity index (χ3n) is 16.5. The number of aliphatic hydroxyl groups is 2. The van der Waals surface area contributed by atoms with Crippen LogP contribution in [0.2, 0.25) is 0 Å². The van der Waals surface area contributed by atoms with Gasteiger partial charge in [0.05, 0.1) is 25.4 Å². The zero-order chi connectivity index (χ0) is 55.7. The number of ether oxygens (including phenoxy) is 1. The molecule has 0 aliphatic rings. The van der Waals surface area contributed by atoms with Crippen LogP contribution in [0, 0.1) is 0 Å². The molecule has 1 amide bonds. The molecule has 0 spiro atoms. The van der Waals surface area contributed by atoms with E-state index in [4.69, 9.17) is 4.74 Å². The van der Waals surface area contributed by atoms with E-state index in [9.17, 15) is 19.8 Å². The number of rotatable bonds is 66. The third kappa shape index (κ3) is 63.4. The smallest absolute Gasteiger partial charge is 0.305 e. The van der Waals surface area contributed by atoms with Gasteiger partial charge in [-0.2, -0.15) is 0 Å². The summed E-state index contributed by atoms with van der Waals surface area (Å²) in [6.07, 6.45) is 83.5. The van der Waals surface area contributed by atoms with Gasteiger partial charge in [0.1, 0.15) is 0 Å². The highest BCUT2D eigenvalue weighted by molar-refractivity contribution is 5.76. The first kappa shape index (κ1) is 75.3. The minimum Gasteiger partial charge on any atom is -0.466 e. The Morgan fingerprint density at radius 1 is 0.364 bits per heavy atom. The second kappa shape index (κ2) is 66.8. The SMILES string of the molecule is CCCCC/C=C\C/C=C\CCCCCCCCCCCC(=O)OCCCCCCCCCCCCCCCCCCCCCCCC(=O)NC(CO)C(O)CCCCCCCCCCCCCCCCCCCCCC. The van der Waals surface area contributed by atoms with Gasteiger partial charge in [0, 0.05) is 12.8 Å². The van der Waals surface area contributed by atoms with Gasteiger partial charge in [-0.05, 0) is 57.8 Å². The van der Waals surface area contributed by atoms with Crippen molar-refractivity contribution < 1.29 is 24.5 Å². The maximum Gasteiger partial charge on any atom is 0.305 e. The molecule has 0 aromatic rings. The van der Waals surface area contributed by atoms with Crippen LogP contribution in [-0.4, -0.2) is 47.4 Å². The Kier molecular flexibility index (Phi) is 65.4. The number of hydrogen-bond acceptors (Lipinski definition) is 5. The van der Waals surface area contributed by atoms with Crippen molar-refractivity contribution >= 4 is 11.9 Å². The molecule has 0 heterocycles. The highest BCUT2D eigenvalue weighted by atomic mass is 16.5. The van der Waals surface area contributed by atoms with E-state index >= 15 is 0 Å². The number of nitrogens with one attached hydrogen (secondary N) is 1. The predicted octanol–water partition coefficient (Wildman–Crippen LogP) is 22.5. The minimum absolute atomic E-state index is 0.00930. The molecule has 0 saturated carbocycles. The van der Waals surface area contributed by atoms with Crippen LogP contribution in [0.5, 0.6) is 0 Å². The molecule has 2 atom stereocenters. The van der Waals surface area contributed by atoms with E-state index in [1.165, 1.54) is 308 Å². The lowest BCUT2D eigenvalue weighted by atomic mass is 10.0. The van der Waals surface area contributed by atoms with Crippen molar-refractivity contribution in [1.82, 2.24) is 5.32 Å². The number of hydrogen-bond donors (Lipinski definition) is 3. The van der Waals surface area contributed by atoms with Crippen LogP contribution in [-0.2, 0) is 14.3 Å². The summed E-state index contributed by atoms with van der Waals surface area (Å²) in [6.45, 7) is 4.96. The van der Waals surface area contributed by atoms with Crippen molar-refractivity contribution in [1.29, 1.82) is 0 Å². The van der Waals surface area contributed by atoms with Gasteiger partial charge in [-0.3, -0.25) is 9.59 Å². The lowest BCUT2D eigenvalue weighted by Gasteiger charge is -2.22. The average Bonchev–Trinajstić information content (AvgIpc) is 3.43. The molecule has 0 aliphatic heterocycles. The summed E-state index contributed by atoms with van der Waals surface area (Å²) in [6, 6.07) is -0.543. The minimum atomic E-state index is -0.666. The molecule has 0 saturated heterocycles. The average molecular weight is 1080 g/mol. The maximum absolute atomic E-state index is 12.5. The van der Waals surface area contributed by atoms with Crippen molar-refractivity contribution in [3.63, 3.8) is 0 Å². The lowest BCUT2D eigenvalue weighted by molar-refractivity contribution is -0.143. The fourth-order valence-electron chi connectivity index (χ4n) is 11.1. The summed E-state index contributed by atoms with van der Waals surface area (Å²) in [5, 5.41) is 23.4. The highest BCUT2D eigenvalue weighted by Crippen LogP contribution is 2.19. The molecule has 0 aliphatic carbocycles. The fourth-order valence-corrected chi connectivity index (χ4v) is 11.1. The van der Waals surface area contributed by atoms with Gasteiger partial charge in [-0.15, -0.1) is 0 Å². The van der Waals surface area contributed by atoms with Crippen LogP contribution in [0.1, 0.15) is 393 Å². The molecule has 0 bridgehead atoms. The van der Waals surface area contributed by atoms with Gasteiger partial charge in [-0.25, -0.2) is 0 Å². The monoisotopic (exact) mass is 1080 g/mol. The van der Waals surface area contributed by atoms with E-state index in [1.807, 2.05) is 0 Å². The Hall–Kier alpha value is -1.66. The van der Waals surface area contributed by atoms with Crippen molar-refractivity contribution in [2.24, 2.45) is 0 Å².